The molecular formula is C19H34IN5O2. The number of ether oxygens (including phenoxy) is 2. The summed E-state index contributed by atoms with van der Waals surface area (Å²) in [6, 6.07) is 3.87. The predicted molar refractivity (Wildman–Crippen MR) is 120 cm³/mol. The van der Waals surface area contributed by atoms with Crippen molar-refractivity contribution >= 4 is 29.9 Å². The third-order valence-corrected chi connectivity index (χ3v) is 4.27. The molecule has 0 aromatic carbocycles. The van der Waals surface area contributed by atoms with Gasteiger partial charge in [0, 0.05) is 39.0 Å². The Kier molecular flexibility index (Phi) is 13.2. The van der Waals surface area contributed by atoms with Crippen LogP contribution in [0.4, 0.5) is 0 Å². The van der Waals surface area contributed by atoms with Crippen molar-refractivity contribution in [1.29, 1.82) is 0 Å². The van der Waals surface area contributed by atoms with E-state index < -0.39 is 0 Å². The lowest BCUT2D eigenvalue weighted by Crippen LogP contribution is -2.42. The molecule has 1 aromatic heterocycles. The van der Waals surface area contributed by atoms with Crippen molar-refractivity contribution < 1.29 is 9.47 Å². The summed E-state index contributed by atoms with van der Waals surface area (Å²) < 4.78 is 10.4. The SMILES string of the molecule is CCNC(=NCc1ccc(OCCOC)nc1)NCCN1CCCCC1.I. The second-order valence-electron chi connectivity index (χ2n) is 6.37. The van der Waals surface area contributed by atoms with E-state index in [1.54, 1.807) is 7.11 Å². The van der Waals surface area contributed by atoms with E-state index >= 15 is 0 Å². The highest BCUT2D eigenvalue weighted by Crippen LogP contribution is 2.09. The number of likely N-dealkylation sites (tertiary alicyclic amines) is 1. The first-order valence-corrected chi connectivity index (χ1v) is 9.63. The highest BCUT2D eigenvalue weighted by Gasteiger charge is 2.09. The van der Waals surface area contributed by atoms with Gasteiger partial charge in [0.1, 0.15) is 6.61 Å². The van der Waals surface area contributed by atoms with Crippen molar-refractivity contribution in [1.82, 2.24) is 20.5 Å². The van der Waals surface area contributed by atoms with Gasteiger partial charge in [-0.05, 0) is 38.4 Å². The quantitative estimate of drug-likeness (QED) is 0.227. The Morgan fingerprint density at radius 1 is 1.19 bits per heavy atom. The van der Waals surface area contributed by atoms with Crippen molar-refractivity contribution in [3.63, 3.8) is 0 Å². The Morgan fingerprint density at radius 2 is 2.00 bits per heavy atom. The molecule has 0 amide bonds. The molecule has 1 saturated heterocycles. The second-order valence-corrected chi connectivity index (χ2v) is 6.37. The molecule has 1 aromatic rings. The summed E-state index contributed by atoms with van der Waals surface area (Å²) in [6.07, 6.45) is 5.83. The van der Waals surface area contributed by atoms with Crippen molar-refractivity contribution in [2.45, 2.75) is 32.7 Å². The van der Waals surface area contributed by atoms with Gasteiger partial charge in [0.15, 0.2) is 5.96 Å². The van der Waals surface area contributed by atoms with Gasteiger partial charge in [-0.2, -0.15) is 0 Å². The fourth-order valence-corrected chi connectivity index (χ4v) is 2.85. The summed E-state index contributed by atoms with van der Waals surface area (Å²) >= 11 is 0. The van der Waals surface area contributed by atoms with Crippen molar-refractivity contribution in [2.24, 2.45) is 4.99 Å². The van der Waals surface area contributed by atoms with E-state index in [2.05, 4.69) is 32.4 Å². The van der Waals surface area contributed by atoms with Crippen molar-refractivity contribution in [2.75, 3.05) is 53.0 Å². The van der Waals surface area contributed by atoms with Crippen LogP contribution >= 0.6 is 24.0 Å². The molecule has 0 aliphatic carbocycles. The highest BCUT2D eigenvalue weighted by atomic mass is 127. The molecule has 0 saturated carbocycles. The number of rotatable bonds is 10. The predicted octanol–water partition coefficient (Wildman–Crippen LogP) is 2.27. The number of methoxy groups -OCH3 is 1. The molecule has 0 spiro atoms. The highest BCUT2D eigenvalue weighted by molar-refractivity contribution is 14.0. The number of hydrogen-bond acceptors (Lipinski definition) is 5. The van der Waals surface area contributed by atoms with E-state index in [1.807, 2.05) is 18.3 Å². The minimum Gasteiger partial charge on any atom is -0.475 e. The summed E-state index contributed by atoms with van der Waals surface area (Å²) in [6.45, 7) is 9.00. The summed E-state index contributed by atoms with van der Waals surface area (Å²) in [5, 5.41) is 6.72. The van der Waals surface area contributed by atoms with Gasteiger partial charge in [0.2, 0.25) is 5.88 Å². The Hall–Kier alpha value is -1.13. The van der Waals surface area contributed by atoms with Gasteiger partial charge in [0.25, 0.3) is 0 Å². The van der Waals surface area contributed by atoms with Crippen LogP contribution in [0, 0.1) is 0 Å². The van der Waals surface area contributed by atoms with Gasteiger partial charge < -0.3 is 25.0 Å². The lowest BCUT2D eigenvalue weighted by atomic mass is 10.1. The zero-order chi connectivity index (χ0) is 18.5. The van der Waals surface area contributed by atoms with E-state index in [9.17, 15) is 0 Å². The maximum Gasteiger partial charge on any atom is 0.213 e. The van der Waals surface area contributed by atoms with Crippen LogP contribution in [0.1, 0.15) is 31.7 Å². The standard InChI is InChI=1S/C19H33N5O2.HI/c1-3-20-19(21-9-12-24-10-5-4-6-11-24)23-16-17-7-8-18(22-15-17)26-14-13-25-2;/h7-8,15H,3-6,9-14,16H2,1-2H3,(H2,20,21,23);1H. The molecule has 0 bridgehead atoms. The first kappa shape index (κ1) is 23.9. The molecule has 7 nitrogen and oxygen atoms in total. The Morgan fingerprint density at radius 3 is 2.67 bits per heavy atom. The molecule has 8 heteroatoms. The van der Waals surface area contributed by atoms with E-state index in [0.29, 0.717) is 25.6 Å². The molecule has 0 unspecified atom stereocenters. The fraction of sp³-hybridized carbons (Fsp3) is 0.684. The molecular weight excluding hydrogens is 457 g/mol. The maximum atomic E-state index is 5.48. The molecule has 1 aliphatic rings. The third kappa shape index (κ3) is 10.1. The molecule has 0 atom stereocenters. The van der Waals surface area contributed by atoms with Gasteiger partial charge in [-0.15, -0.1) is 24.0 Å². The second kappa shape index (κ2) is 14.9. The zero-order valence-electron chi connectivity index (χ0n) is 16.6. The summed E-state index contributed by atoms with van der Waals surface area (Å²) in [4.78, 5) is 11.5. The van der Waals surface area contributed by atoms with Crippen molar-refractivity contribution in [3.8, 4) is 5.88 Å². The molecule has 154 valence electrons. The van der Waals surface area contributed by atoms with Crippen LogP contribution in [0.15, 0.2) is 23.3 Å². The van der Waals surface area contributed by atoms with Crippen LogP contribution in [0.25, 0.3) is 0 Å². The van der Waals surface area contributed by atoms with Gasteiger partial charge in [-0.25, -0.2) is 9.98 Å². The average molecular weight is 491 g/mol. The molecule has 2 rings (SSSR count). The Labute approximate surface area is 180 Å². The minimum absolute atomic E-state index is 0. The lowest BCUT2D eigenvalue weighted by molar-refractivity contribution is 0.143. The number of hydrogen-bond donors (Lipinski definition) is 2. The van der Waals surface area contributed by atoms with Crippen LogP contribution in [0.5, 0.6) is 5.88 Å². The number of piperidine rings is 1. The Balaban J connectivity index is 0.00000364. The smallest absolute Gasteiger partial charge is 0.213 e. The number of pyridine rings is 1. The van der Waals surface area contributed by atoms with Crippen LogP contribution < -0.4 is 15.4 Å². The number of nitrogens with one attached hydrogen (secondary N) is 2. The third-order valence-electron chi connectivity index (χ3n) is 4.27. The van der Waals surface area contributed by atoms with E-state index in [1.165, 1.54) is 32.4 Å². The van der Waals surface area contributed by atoms with Crippen LogP contribution in [-0.2, 0) is 11.3 Å². The summed E-state index contributed by atoms with van der Waals surface area (Å²) in [5.41, 5.74) is 1.05. The normalized spacial score (nSPS) is 15.1. The number of guanidine groups is 1. The van der Waals surface area contributed by atoms with Crippen LogP contribution in [0.3, 0.4) is 0 Å². The number of nitrogens with zero attached hydrogens (tertiary/aromatic N) is 3. The molecule has 2 heterocycles. The average Bonchev–Trinajstić information content (AvgIpc) is 2.68. The topological polar surface area (TPSA) is 71.0 Å². The van der Waals surface area contributed by atoms with E-state index in [0.717, 1.165) is 31.2 Å². The van der Waals surface area contributed by atoms with Crippen LogP contribution in [0.2, 0.25) is 0 Å². The van der Waals surface area contributed by atoms with Gasteiger partial charge >= 0.3 is 0 Å². The molecule has 1 fully saturated rings. The van der Waals surface area contributed by atoms with E-state index in [4.69, 9.17) is 9.47 Å². The van der Waals surface area contributed by atoms with Gasteiger partial charge in [-0.3, -0.25) is 0 Å². The monoisotopic (exact) mass is 491 g/mol. The number of aromatic nitrogens is 1. The zero-order valence-corrected chi connectivity index (χ0v) is 18.9. The van der Waals surface area contributed by atoms with Gasteiger partial charge in [-0.1, -0.05) is 12.5 Å². The van der Waals surface area contributed by atoms with Crippen molar-refractivity contribution in [3.05, 3.63) is 23.9 Å². The number of aliphatic imine (C=N–C) groups is 1. The molecule has 1 aliphatic heterocycles. The van der Waals surface area contributed by atoms with E-state index in [-0.39, 0.29) is 24.0 Å². The lowest BCUT2D eigenvalue weighted by Gasteiger charge is -2.26. The largest absolute Gasteiger partial charge is 0.475 e. The fourth-order valence-electron chi connectivity index (χ4n) is 2.85. The molecule has 0 radical (unpaired) electrons. The molecule has 2 N–H and O–H groups in total. The summed E-state index contributed by atoms with van der Waals surface area (Å²) in [5.74, 6) is 1.46. The maximum absolute atomic E-state index is 5.48. The summed E-state index contributed by atoms with van der Waals surface area (Å²) in [7, 11) is 1.65. The minimum atomic E-state index is 0. The number of halogens is 1. The van der Waals surface area contributed by atoms with Gasteiger partial charge in [0.05, 0.1) is 13.2 Å². The first-order chi connectivity index (χ1) is 12.8. The Bertz CT molecular complexity index is 521. The van der Waals surface area contributed by atoms with Crippen LogP contribution in [-0.4, -0.2) is 68.9 Å². The first-order valence-electron chi connectivity index (χ1n) is 9.63. The molecule has 27 heavy (non-hydrogen) atoms.